The Morgan fingerprint density at radius 2 is 2.19 bits per heavy atom. The highest BCUT2D eigenvalue weighted by Crippen LogP contribution is 2.19. The van der Waals surface area contributed by atoms with Gasteiger partial charge in [-0.25, -0.2) is 4.98 Å². The van der Waals surface area contributed by atoms with Gasteiger partial charge in [0.15, 0.2) is 0 Å². The number of aromatic nitrogens is 3. The number of nitrogens with two attached hydrogens (primary N) is 1. The normalized spacial score (nSPS) is 12.6. The zero-order valence-electron chi connectivity index (χ0n) is 9.04. The second-order valence-electron chi connectivity index (χ2n) is 3.28. The molecule has 0 aliphatic carbocycles. The van der Waals surface area contributed by atoms with E-state index in [-0.39, 0.29) is 6.10 Å². The molecule has 2 heterocycles. The average Bonchev–Trinajstić information content (AvgIpc) is 2.77. The smallest absolute Gasteiger partial charge is 0.276 e. The molecule has 0 radical (unpaired) electrons. The molecule has 2 rings (SSSR count). The number of pyridine rings is 1. The number of methoxy groups -OCH3 is 1. The fourth-order valence-electron chi connectivity index (χ4n) is 1.18. The van der Waals surface area contributed by atoms with E-state index in [1.165, 1.54) is 0 Å². The molecular weight excluding hydrogens is 208 g/mol. The molecule has 2 aromatic rings. The summed E-state index contributed by atoms with van der Waals surface area (Å²) in [6.07, 6.45) is -0.210. The molecule has 2 aromatic heterocycles. The van der Waals surface area contributed by atoms with E-state index in [0.717, 1.165) is 0 Å². The van der Waals surface area contributed by atoms with Crippen LogP contribution in [0, 0.1) is 0 Å². The Hall–Kier alpha value is -1.95. The van der Waals surface area contributed by atoms with E-state index in [2.05, 4.69) is 15.1 Å². The highest BCUT2D eigenvalue weighted by Gasteiger charge is 2.14. The molecule has 0 aliphatic heterocycles. The van der Waals surface area contributed by atoms with Crippen molar-refractivity contribution in [2.45, 2.75) is 13.0 Å². The van der Waals surface area contributed by atoms with Crippen molar-refractivity contribution in [1.82, 2.24) is 15.1 Å². The van der Waals surface area contributed by atoms with Crippen molar-refractivity contribution in [2.75, 3.05) is 12.8 Å². The predicted molar refractivity (Wildman–Crippen MR) is 57.4 cm³/mol. The summed E-state index contributed by atoms with van der Waals surface area (Å²) in [6, 6.07) is 5.23. The van der Waals surface area contributed by atoms with Crippen LogP contribution in [-0.4, -0.2) is 22.2 Å². The van der Waals surface area contributed by atoms with Crippen LogP contribution in [0.5, 0.6) is 0 Å². The first-order valence-corrected chi connectivity index (χ1v) is 4.80. The van der Waals surface area contributed by atoms with Gasteiger partial charge in [0.25, 0.3) is 5.89 Å². The lowest BCUT2D eigenvalue weighted by molar-refractivity contribution is 0.109. The fourth-order valence-corrected chi connectivity index (χ4v) is 1.18. The minimum absolute atomic E-state index is 0.210. The molecule has 6 heteroatoms. The van der Waals surface area contributed by atoms with Gasteiger partial charge < -0.3 is 15.0 Å². The van der Waals surface area contributed by atoms with Crippen molar-refractivity contribution >= 4 is 5.82 Å². The highest BCUT2D eigenvalue weighted by molar-refractivity contribution is 5.49. The third-order valence-electron chi connectivity index (χ3n) is 2.15. The molecule has 0 aromatic carbocycles. The Labute approximate surface area is 92.4 Å². The molecule has 1 atom stereocenters. The Morgan fingerprint density at radius 3 is 2.88 bits per heavy atom. The van der Waals surface area contributed by atoms with E-state index in [1.54, 1.807) is 25.3 Å². The van der Waals surface area contributed by atoms with Crippen LogP contribution >= 0.6 is 0 Å². The molecule has 0 saturated carbocycles. The van der Waals surface area contributed by atoms with Gasteiger partial charge in [-0.05, 0) is 19.1 Å². The van der Waals surface area contributed by atoms with Crippen molar-refractivity contribution < 1.29 is 9.26 Å². The van der Waals surface area contributed by atoms with Crippen LogP contribution in [0.1, 0.15) is 18.9 Å². The number of hydrogen-bond acceptors (Lipinski definition) is 6. The molecule has 0 aliphatic rings. The summed E-state index contributed by atoms with van der Waals surface area (Å²) in [4.78, 5) is 8.25. The van der Waals surface area contributed by atoms with E-state index in [4.69, 9.17) is 15.0 Å². The van der Waals surface area contributed by atoms with Crippen LogP contribution < -0.4 is 5.73 Å². The third kappa shape index (κ3) is 2.01. The summed E-state index contributed by atoms with van der Waals surface area (Å²) in [7, 11) is 1.58. The molecule has 6 nitrogen and oxygen atoms in total. The Morgan fingerprint density at radius 1 is 1.38 bits per heavy atom. The van der Waals surface area contributed by atoms with Gasteiger partial charge in [-0.1, -0.05) is 11.2 Å². The van der Waals surface area contributed by atoms with Crippen molar-refractivity contribution in [3.8, 4) is 11.6 Å². The highest BCUT2D eigenvalue weighted by atomic mass is 16.5. The SMILES string of the molecule is COC(C)c1noc(-c2cccc(N)n2)n1. The second-order valence-corrected chi connectivity index (χ2v) is 3.28. The lowest BCUT2D eigenvalue weighted by Crippen LogP contribution is -1.98. The molecule has 0 saturated heterocycles. The van der Waals surface area contributed by atoms with Crippen molar-refractivity contribution in [1.29, 1.82) is 0 Å². The summed E-state index contributed by atoms with van der Waals surface area (Å²) in [5, 5.41) is 3.80. The number of rotatable bonds is 3. The van der Waals surface area contributed by atoms with E-state index < -0.39 is 0 Å². The zero-order valence-corrected chi connectivity index (χ0v) is 9.04. The van der Waals surface area contributed by atoms with Gasteiger partial charge in [0.1, 0.15) is 17.6 Å². The number of anilines is 1. The van der Waals surface area contributed by atoms with Gasteiger partial charge in [0.2, 0.25) is 5.82 Å². The first kappa shape index (κ1) is 10.6. The quantitative estimate of drug-likeness (QED) is 0.841. The van der Waals surface area contributed by atoms with Gasteiger partial charge in [-0.3, -0.25) is 0 Å². The Kier molecular flexibility index (Phi) is 2.82. The average molecular weight is 220 g/mol. The minimum Gasteiger partial charge on any atom is -0.384 e. The minimum atomic E-state index is -0.210. The standard InChI is InChI=1S/C10H12N4O2/c1-6(15-2)9-13-10(16-14-9)7-4-3-5-8(11)12-7/h3-6H,1-2H3,(H2,11,12). The van der Waals surface area contributed by atoms with E-state index in [1.807, 2.05) is 6.92 Å². The number of hydrogen-bond donors (Lipinski definition) is 1. The number of nitrogen functional groups attached to an aromatic ring is 1. The summed E-state index contributed by atoms with van der Waals surface area (Å²) in [6.45, 7) is 1.83. The summed E-state index contributed by atoms with van der Waals surface area (Å²) in [5.74, 6) is 1.24. The topological polar surface area (TPSA) is 87.1 Å². The molecule has 84 valence electrons. The second kappa shape index (κ2) is 4.28. The molecule has 0 bridgehead atoms. The largest absolute Gasteiger partial charge is 0.384 e. The first-order chi connectivity index (χ1) is 7.70. The van der Waals surface area contributed by atoms with E-state index in [9.17, 15) is 0 Å². The van der Waals surface area contributed by atoms with E-state index in [0.29, 0.717) is 23.2 Å². The van der Waals surface area contributed by atoms with Crippen LogP contribution in [0.25, 0.3) is 11.6 Å². The van der Waals surface area contributed by atoms with Gasteiger partial charge in [-0.2, -0.15) is 4.98 Å². The van der Waals surface area contributed by atoms with Gasteiger partial charge in [-0.15, -0.1) is 0 Å². The molecule has 0 amide bonds. The maximum absolute atomic E-state index is 5.56. The van der Waals surface area contributed by atoms with Crippen molar-refractivity contribution in [2.24, 2.45) is 0 Å². The summed E-state index contributed by atoms with van der Waals surface area (Å²) < 4.78 is 10.1. The summed E-state index contributed by atoms with van der Waals surface area (Å²) in [5.41, 5.74) is 6.12. The van der Waals surface area contributed by atoms with Crippen molar-refractivity contribution in [3.05, 3.63) is 24.0 Å². The summed E-state index contributed by atoms with van der Waals surface area (Å²) >= 11 is 0. The van der Waals surface area contributed by atoms with Crippen LogP contribution in [0.2, 0.25) is 0 Å². The predicted octanol–water partition coefficient (Wildman–Crippen LogP) is 1.42. The molecular formula is C10H12N4O2. The van der Waals surface area contributed by atoms with Gasteiger partial charge in [0, 0.05) is 7.11 Å². The van der Waals surface area contributed by atoms with Crippen LogP contribution in [0.3, 0.4) is 0 Å². The fraction of sp³-hybridized carbons (Fsp3) is 0.300. The lowest BCUT2D eigenvalue weighted by Gasteiger charge is -2.00. The zero-order chi connectivity index (χ0) is 11.5. The molecule has 1 unspecified atom stereocenters. The Balaban J connectivity index is 2.31. The first-order valence-electron chi connectivity index (χ1n) is 4.80. The number of ether oxygens (including phenoxy) is 1. The van der Waals surface area contributed by atoms with Crippen molar-refractivity contribution in [3.63, 3.8) is 0 Å². The number of nitrogens with zero attached hydrogens (tertiary/aromatic N) is 3. The van der Waals surface area contributed by atoms with Crippen LogP contribution in [0.4, 0.5) is 5.82 Å². The lowest BCUT2D eigenvalue weighted by atomic mass is 10.3. The third-order valence-corrected chi connectivity index (χ3v) is 2.15. The molecule has 2 N–H and O–H groups in total. The van der Waals surface area contributed by atoms with E-state index >= 15 is 0 Å². The van der Waals surface area contributed by atoms with Gasteiger partial charge in [0.05, 0.1) is 0 Å². The molecule has 0 fully saturated rings. The van der Waals surface area contributed by atoms with Crippen LogP contribution in [-0.2, 0) is 4.74 Å². The monoisotopic (exact) mass is 220 g/mol. The van der Waals surface area contributed by atoms with Crippen LogP contribution in [0.15, 0.2) is 22.7 Å². The van der Waals surface area contributed by atoms with Gasteiger partial charge >= 0.3 is 0 Å². The molecule has 0 spiro atoms. The maximum Gasteiger partial charge on any atom is 0.276 e. The molecule has 16 heavy (non-hydrogen) atoms. The Bertz CT molecular complexity index is 483. The maximum atomic E-state index is 5.56.